The molecule has 2 rings (SSSR count). The van der Waals surface area contributed by atoms with Crippen LogP contribution in [0.3, 0.4) is 0 Å². The quantitative estimate of drug-likeness (QED) is 0.829. The topological polar surface area (TPSA) is 55.4 Å². The van der Waals surface area contributed by atoms with Crippen molar-refractivity contribution in [2.24, 2.45) is 0 Å². The summed E-state index contributed by atoms with van der Waals surface area (Å²) in [5.41, 5.74) is 0.330. The standard InChI is InChI=1S/C19H20FNO3/c1-19(2,15-9-4-3-5-10-15)18(23)24-13-17(22)21-12-14-8-6-7-11-16(14)20/h3-11H,12-13H2,1-2H3,(H,21,22). The fourth-order valence-corrected chi connectivity index (χ4v) is 2.17. The molecule has 4 nitrogen and oxygen atoms in total. The highest BCUT2D eigenvalue weighted by molar-refractivity contribution is 5.85. The molecule has 1 amide bonds. The van der Waals surface area contributed by atoms with E-state index in [1.54, 1.807) is 32.0 Å². The van der Waals surface area contributed by atoms with Crippen molar-refractivity contribution in [3.05, 3.63) is 71.5 Å². The second-order valence-electron chi connectivity index (χ2n) is 5.94. The van der Waals surface area contributed by atoms with Crippen LogP contribution >= 0.6 is 0 Å². The molecule has 0 spiro atoms. The highest BCUT2D eigenvalue weighted by Gasteiger charge is 2.31. The number of rotatable bonds is 6. The summed E-state index contributed by atoms with van der Waals surface area (Å²) in [6.07, 6.45) is 0. The summed E-state index contributed by atoms with van der Waals surface area (Å²) in [4.78, 5) is 24.0. The van der Waals surface area contributed by atoms with E-state index in [2.05, 4.69) is 5.32 Å². The van der Waals surface area contributed by atoms with Gasteiger partial charge in [0.2, 0.25) is 0 Å². The van der Waals surface area contributed by atoms with Crippen molar-refractivity contribution < 1.29 is 18.7 Å². The first-order valence-corrected chi connectivity index (χ1v) is 7.64. The average molecular weight is 329 g/mol. The molecule has 0 saturated carbocycles. The highest BCUT2D eigenvalue weighted by atomic mass is 19.1. The van der Waals surface area contributed by atoms with Crippen molar-refractivity contribution in [1.82, 2.24) is 5.32 Å². The van der Waals surface area contributed by atoms with Crippen LogP contribution in [0, 0.1) is 5.82 Å². The normalized spacial score (nSPS) is 11.0. The van der Waals surface area contributed by atoms with Gasteiger partial charge < -0.3 is 10.1 Å². The number of esters is 1. The predicted molar refractivity (Wildman–Crippen MR) is 88.7 cm³/mol. The van der Waals surface area contributed by atoms with Crippen molar-refractivity contribution in [3.63, 3.8) is 0 Å². The van der Waals surface area contributed by atoms with E-state index >= 15 is 0 Å². The lowest BCUT2D eigenvalue weighted by molar-refractivity contribution is -0.153. The van der Waals surface area contributed by atoms with Crippen molar-refractivity contribution in [2.45, 2.75) is 25.8 Å². The molecule has 0 fully saturated rings. The molecular weight excluding hydrogens is 309 g/mol. The Balaban J connectivity index is 1.85. The third-order valence-corrected chi connectivity index (χ3v) is 3.77. The summed E-state index contributed by atoms with van der Waals surface area (Å²) in [5.74, 6) is -1.36. The first kappa shape index (κ1) is 17.7. The molecule has 1 N–H and O–H groups in total. The Bertz CT molecular complexity index is 714. The number of halogens is 1. The van der Waals surface area contributed by atoms with E-state index in [9.17, 15) is 14.0 Å². The number of nitrogens with one attached hydrogen (secondary N) is 1. The average Bonchev–Trinajstić information content (AvgIpc) is 2.59. The van der Waals surface area contributed by atoms with Crippen LogP contribution in [0.15, 0.2) is 54.6 Å². The van der Waals surface area contributed by atoms with Crippen molar-refractivity contribution in [1.29, 1.82) is 0 Å². The highest BCUT2D eigenvalue weighted by Crippen LogP contribution is 2.24. The third kappa shape index (κ3) is 4.41. The van der Waals surface area contributed by atoms with Gasteiger partial charge in [0.1, 0.15) is 5.82 Å². The van der Waals surface area contributed by atoms with Crippen LogP contribution in [0.25, 0.3) is 0 Å². The van der Waals surface area contributed by atoms with Crippen molar-refractivity contribution in [3.8, 4) is 0 Å². The second kappa shape index (κ2) is 7.73. The molecule has 2 aromatic carbocycles. The minimum atomic E-state index is -0.854. The number of ether oxygens (including phenoxy) is 1. The fourth-order valence-electron chi connectivity index (χ4n) is 2.17. The van der Waals surface area contributed by atoms with Crippen molar-refractivity contribution >= 4 is 11.9 Å². The maximum Gasteiger partial charge on any atom is 0.316 e. The molecule has 0 heterocycles. The molecule has 0 bridgehead atoms. The monoisotopic (exact) mass is 329 g/mol. The first-order valence-electron chi connectivity index (χ1n) is 7.64. The Morgan fingerprint density at radius 1 is 1.04 bits per heavy atom. The van der Waals surface area contributed by atoms with Gasteiger partial charge in [-0.2, -0.15) is 0 Å². The number of carbonyl (C=O) groups is 2. The minimum absolute atomic E-state index is 0.0468. The van der Waals surface area contributed by atoms with Gasteiger partial charge in [-0.3, -0.25) is 9.59 Å². The summed E-state index contributed by atoms with van der Waals surface area (Å²) < 4.78 is 18.6. The van der Waals surface area contributed by atoms with E-state index < -0.39 is 23.9 Å². The summed E-state index contributed by atoms with van der Waals surface area (Å²) in [6, 6.07) is 15.4. The van der Waals surface area contributed by atoms with Gasteiger partial charge in [0, 0.05) is 12.1 Å². The molecule has 0 aliphatic rings. The molecule has 0 unspecified atom stereocenters. The van der Waals surface area contributed by atoms with Gasteiger partial charge in [0.05, 0.1) is 5.41 Å². The first-order chi connectivity index (χ1) is 11.4. The molecule has 0 aliphatic carbocycles. The number of amides is 1. The molecular formula is C19H20FNO3. The van der Waals surface area contributed by atoms with E-state index in [1.807, 2.05) is 30.3 Å². The number of carbonyl (C=O) groups excluding carboxylic acids is 2. The van der Waals surface area contributed by atoms with Crippen LogP contribution in [0.1, 0.15) is 25.0 Å². The van der Waals surface area contributed by atoms with Gasteiger partial charge in [-0.1, -0.05) is 48.5 Å². The lowest BCUT2D eigenvalue weighted by Crippen LogP contribution is -2.35. The summed E-state index contributed by atoms with van der Waals surface area (Å²) >= 11 is 0. The van der Waals surface area contributed by atoms with E-state index in [0.717, 1.165) is 5.56 Å². The van der Waals surface area contributed by atoms with Crippen LogP contribution in [0.2, 0.25) is 0 Å². The summed E-state index contributed by atoms with van der Waals surface area (Å²) in [5, 5.41) is 2.53. The molecule has 0 aliphatic heterocycles. The Labute approximate surface area is 140 Å². The number of hydrogen-bond acceptors (Lipinski definition) is 3. The SMILES string of the molecule is CC(C)(C(=O)OCC(=O)NCc1ccccc1F)c1ccccc1. The Kier molecular flexibility index (Phi) is 5.68. The third-order valence-electron chi connectivity index (χ3n) is 3.77. The van der Waals surface area contributed by atoms with E-state index in [1.165, 1.54) is 6.07 Å². The second-order valence-corrected chi connectivity index (χ2v) is 5.94. The molecule has 24 heavy (non-hydrogen) atoms. The minimum Gasteiger partial charge on any atom is -0.455 e. The van der Waals surface area contributed by atoms with Crippen LogP contribution < -0.4 is 5.32 Å². The van der Waals surface area contributed by atoms with E-state index in [-0.39, 0.29) is 12.4 Å². The van der Waals surface area contributed by atoms with Gasteiger partial charge >= 0.3 is 5.97 Å². The predicted octanol–water partition coefficient (Wildman–Crippen LogP) is 2.96. The molecule has 0 aromatic heterocycles. The van der Waals surface area contributed by atoms with Gasteiger partial charge in [-0.05, 0) is 25.5 Å². The summed E-state index contributed by atoms with van der Waals surface area (Å²) in [7, 11) is 0. The molecule has 126 valence electrons. The van der Waals surface area contributed by atoms with Crippen LogP contribution in [0.5, 0.6) is 0 Å². The van der Waals surface area contributed by atoms with Crippen LogP contribution in [0.4, 0.5) is 4.39 Å². The van der Waals surface area contributed by atoms with Gasteiger partial charge in [0.15, 0.2) is 6.61 Å². The summed E-state index contributed by atoms with van der Waals surface area (Å²) in [6.45, 7) is 3.12. The molecule has 5 heteroatoms. The molecule has 2 aromatic rings. The zero-order valence-corrected chi connectivity index (χ0v) is 13.7. The maximum absolute atomic E-state index is 13.5. The molecule has 0 radical (unpaired) electrons. The Morgan fingerprint density at radius 3 is 2.33 bits per heavy atom. The fraction of sp³-hybridized carbons (Fsp3) is 0.263. The lowest BCUT2D eigenvalue weighted by atomic mass is 9.85. The Morgan fingerprint density at radius 2 is 1.67 bits per heavy atom. The Hall–Kier alpha value is -2.69. The number of benzene rings is 2. The number of hydrogen-bond donors (Lipinski definition) is 1. The lowest BCUT2D eigenvalue weighted by Gasteiger charge is -2.22. The largest absolute Gasteiger partial charge is 0.455 e. The molecule has 0 atom stereocenters. The zero-order valence-electron chi connectivity index (χ0n) is 13.7. The van der Waals surface area contributed by atoms with E-state index in [0.29, 0.717) is 5.56 Å². The van der Waals surface area contributed by atoms with Crippen LogP contribution in [-0.2, 0) is 26.3 Å². The molecule has 0 saturated heterocycles. The smallest absolute Gasteiger partial charge is 0.316 e. The van der Waals surface area contributed by atoms with E-state index in [4.69, 9.17) is 4.74 Å². The van der Waals surface area contributed by atoms with Gasteiger partial charge in [0.25, 0.3) is 5.91 Å². The van der Waals surface area contributed by atoms with Gasteiger partial charge in [-0.15, -0.1) is 0 Å². The zero-order chi connectivity index (χ0) is 17.6. The maximum atomic E-state index is 13.5. The van der Waals surface area contributed by atoms with Crippen LogP contribution in [-0.4, -0.2) is 18.5 Å². The van der Waals surface area contributed by atoms with Crippen molar-refractivity contribution in [2.75, 3.05) is 6.61 Å². The van der Waals surface area contributed by atoms with Gasteiger partial charge in [-0.25, -0.2) is 4.39 Å².